The fourth-order valence-corrected chi connectivity index (χ4v) is 4.19. The lowest BCUT2D eigenvalue weighted by molar-refractivity contribution is 0.164. The minimum absolute atomic E-state index is 0.468. The molecular weight excluding hydrogens is 192 g/mol. The molecule has 0 aliphatic carbocycles. The van der Waals surface area contributed by atoms with Crippen LogP contribution < -0.4 is 5.73 Å². The maximum atomic E-state index is 6.03. The zero-order chi connectivity index (χ0) is 10.0. The Hall–Kier alpha value is 0.270. The van der Waals surface area contributed by atoms with Crippen LogP contribution in [0.2, 0.25) is 0 Å². The summed E-state index contributed by atoms with van der Waals surface area (Å²) in [7, 11) is 2.23. The van der Waals surface area contributed by atoms with Crippen LogP contribution in [0.4, 0.5) is 0 Å². The third-order valence-corrected chi connectivity index (χ3v) is 5.12. The molecule has 1 unspecified atom stereocenters. The van der Waals surface area contributed by atoms with E-state index < -0.39 is 0 Å². The second-order valence-corrected chi connectivity index (χ2v) is 6.17. The van der Waals surface area contributed by atoms with Gasteiger partial charge in [-0.1, -0.05) is 0 Å². The Morgan fingerprint density at radius 1 is 1.43 bits per heavy atom. The predicted molar refractivity (Wildman–Crippen MR) is 63.7 cm³/mol. The van der Waals surface area contributed by atoms with Gasteiger partial charge in [0.2, 0.25) is 0 Å². The van der Waals surface area contributed by atoms with Gasteiger partial charge < -0.3 is 10.6 Å². The van der Waals surface area contributed by atoms with Gasteiger partial charge in [0, 0.05) is 6.54 Å². The molecule has 2 heterocycles. The van der Waals surface area contributed by atoms with Gasteiger partial charge in [0.05, 0.1) is 0 Å². The molecule has 2 aliphatic rings. The second-order valence-electron chi connectivity index (χ2n) is 4.94. The smallest absolute Gasteiger partial charge is 0.00502 e. The van der Waals surface area contributed by atoms with Gasteiger partial charge in [-0.25, -0.2) is 0 Å². The normalized spacial score (nSPS) is 36.4. The number of nitrogens with two attached hydrogens (primary N) is 1. The van der Waals surface area contributed by atoms with E-state index in [-0.39, 0.29) is 0 Å². The van der Waals surface area contributed by atoms with Crippen molar-refractivity contribution in [2.24, 2.45) is 17.1 Å². The number of hydrogen-bond acceptors (Lipinski definition) is 3. The van der Waals surface area contributed by atoms with Gasteiger partial charge in [-0.05, 0) is 62.2 Å². The van der Waals surface area contributed by atoms with Crippen LogP contribution in [0, 0.1) is 11.3 Å². The number of likely N-dealkylation sites (tertiary alicyclic amines) is 1. The summed E-state index contributed by atoms with van der Waals surface area (Å²) >= 11 is 2.11. The van der Waals surface area contributed by atoms with Crippen LogP contribution in [0.3, 0.4) is 0 Å². The van der Waals surface area contributed by atoms with Crippen molar-refractivity contribution in [3.63, 3.8) is 0 Å². The van der Waals surface area contributed by atoms with Crippen LogP contribution in [-0.2, 0) is 0 Å². The topological polar surface area (TPSA) is 29.3 Å². The van der Waals surface area contributed by atoms with Gasteiger partial charge in [0.1, 0.15) is 0 Å². The molecule has 14 heavy (non-hydrogen) atoms. The van der Waals surface area contributed by atoms with E-state index in [1.165, 1.54) is 43.9 Å². The Kier molecular flexibility index (Phi) is 3.40. The minimum Gasteiger partial charge on any atom is -0.330 e. The Morgan fingerprint density at radius 2 is 2.14 bits per heavy atom. The highest BCUT2D eigenvalue weighted by Crippen LogP contribution is 2.43. The average Bonchev–Trinajstić information content (AvgIpc) is 2.63. The molecule has 2 fully saturated rings. The number of thioether (sulfide) groups is 1. The molecule has 0 saturated carbocycles. The molecule has 0 bridgehead atoms. The monoisotopic (exact) mass is 214 g/mol. The molecular formula is C11H22N2S. The third kappa shape index (κ3) is 1.95. The van der Waals surface area contributed by atoms with Gasteiger partial charge in [0.25, 0.3) is 0 Å². The van der Waals surface area contributed by atoms with Crippen LogP contribution in [0.15, 0.2) is 0 Å². The van der Waals surface area contributed by atoms with Gasteiger partial charge in [-0.3, -0.25) is 0 Å². The number of hydrogen-bond donors (Lipinski definition) is 1. The molecule has 0 aromatic rings. The van der Waals surface area contributed by atoms with Crippen LogP contribution in [-0.4, -0.2) is 43.1 Å². The molecule has 3 heteroatoms. The first-order valence-corrected chi connectivity index (χ1v) is 6.89. The summed E-state index contributed by atoms with van der Waals surface area (Å²) in [5.41, 5.74) is 6.50. The van der Waals surface area contributed by atoms with Crippen LogP contribution in [0.5, 0.6) is 0 Å². The molecule has 2 saturated heterocycles. The van der Waals surface area contributed by atoms with E-state index >= 15 is 0 Å². The summed E-state index contributed by atoms with van der Waals surface area (Å²) in [5, 5.41) is 0. The van der Waals surface area contributed by atoms with Crippen LogP contribution >= 0.6 is 11.8 Å². The van der Waals surface area contributed by atoms with Crippen molar-refractivity contribution < 1.29 is 0 Å². The molecule has 0 radical (unpaired) electrons. The molecule has 2 N–H and O–H groups in total. The summed E-state index contributed by atoms with van der Waals surface area (Å²) in [6.45, 7) is 3.38. The van der Waals surface area contributed by atoms with Gasteiger partial charge in [-0.15, -0.1) is 0 Å². The molecule has 1 atom stereocenters. The summed E-state index contributed by atoms with van der Waals surface area (Å²) < 4.78 is 0. The maximum absolute atomic E-state index is 6.03. The Bertz CT molecular complexity index is 192. The van der Waals surface area contributed by atoms with Gasteiger partial charge in [-0.2, -0.15) is 11.8 Å². The second kappa shape index (κ2) is 4.42. The average molecular weight is 214 g/mol. The van der Waals surface area contributed by atoms with E-state index in [0.717, 1.165) is 12.5 Å². The standard InChI is InChI=1S/C11H22N2S/c1-13-5-4-11(8-12,9-13)10-2-6-14-7-3-10/h10H,2-9,12H2,1H3. The first-order chi connectivity index (χ1) is 6.77. The van der Waals surface area contributed by atoms with Crippen molar-refractivity contribution in [2.45, 2.75) is 19.3 Å². The molecule has 2 rings (SSSR count). The van der Waals surface area contributed by atoms with Crippen LogP contribution in [0.25, 0.3) is 0 Å². The van der Waals surface area contributed by atoms with E-state index in [9.17, 15) is 0 Å². The van der Waals surface area contributed by atoms with E-state index in [1.54, 1.807) is 0 Å². The third-order valence-electron chi connectivity index (χ3n) is 4.07. The molecule has 82 valence electrons. The predicted octanol–water partition coefficient (Wildman–Crippen LogP) is 1.41. The summed E-state index contributed by atoms with van der Waals surface area (Å²) in [5.74, 6) is 3.62. The van der Waals surface area contributed by atoms with Gasteiger partial charge >= 0.3 is 0 Å². The highest BCUT2D eigenvalue weighted by Gasteiger charge is 2.42. The lowest BCUT2D eigenvalue weighted by atomic mass is 9.72. The van der Waals surface area contributed by atoms with Gasteiger partial charge in [0.15, 0.2) is 0 Å². The first-order valence-electron chi connectivity index (χ1n) is 5.73. The van der Waals surface area contributed by atoms with Crippen LogP contribution in [0.1, 0.15) is 19.3 Å². The number of rotatable bonds is 2. The molecule has 0 amide bonds. The lowest BCUT2D eigenvalue weighted by Gasteiger charge is -2.38. The Morgan fingerprint density at radius 3 is 2.64 bits per heavy atom. The lowest BCUT2D eigenvalue weighted by Crippen LogP contribution is -2.41. The fourth-order valence-electron chi connectivity index (χ4n) is 3.09. The highest BCUT2D eigenvalue weighted by molar-refractivity contribution is 7.99. The SMILES string of the molecule is CN1CCC(CN)(C2CCSCC2)C1. The molecule has 2 nitrogen and oxygen atoms in total. The Labute approximate surface area is 91.6 Å². The zero-order valence-corrected chi connectivity index (χ0v) is 9.98. The molecule has 0 aromatic heterocycles. The fraction of sp³-hybridized carbons (Fsp3) is 1.00. The van der Waals surface area contributed by atoms with E-state index in [0.29, 0.717) is 5.41 Å². The highest BCUT2D eigenvalue weighted by atomic mass is 32.2. The minimum atomic E-state index is 0.468. The maximum Gasteiger partial charge on any atom is 0.00502 e. The largest absolute Gasteiger partial charge is 0.330 e. The Balaban J connectivity index is 2.03. The summed E-state index contributed by atoms with van der Waals surface area (Å²) in [6, 6.07) is 0. The molecule has 0 spiro atoms. The zero-order valence-electron chi connectivity index (χ0n) is 9.17. The van der Waals surface area contributed by atoms with E-state index in [2.05, 4.69) is 23.7 Å². The van der Waals surface area contributed by atoms with E-state index in [1.807, 2.05) is 0 Å². The summed E-state index contributed by atoms with van der Waals surface area (Å²) in [6.07, 6.45) is 4.13. The van der Waals surface area contributed by atoms with Crippen molar-refractivity contribution in [1.82, 2.24) is 4.90 Å². The van der Waals surface area contributed by atoms with Crippen molar-refractivity contribution in [3.05, 3.63) is 0 Å². The quantitative estimate of drug-likeness (QED) is 0.753. The van der Waals surface area contributed by atoms with E-state index in [4.69, 9.17) is 5.73 Å². The first kappa shape index (κ1) is 10.8. The van der Waals surface area contributed by atoms with Crippen molar-refractivity contribution in [2.75, 3.05) is 38.2 Å². The van der Waals surface area contributed by atoms with Crippen molar-refractivity contribution >= 4 is 11.8 Å². The number of nitrogens with zero attached hydrogens (tertiary/aromatic N) is 1. The van der Waals surface area contributed by atoms with Crippen molar-refractivity contribution in [3.8, 4) is 0 Å². The van der Waals surface area contributed by atoms with Crippen molar-refractivity contribution in [1.29, 1.82) is 0 Å². The molecule has 0 aromatic carbocycles. The molecule has 2 aliphatic heterocycles. The summed E-state index contributed by atoms with van der Waals surface area (Å²) in [4.78, 5) is 2.45.